The van der Waals surface area contributed by atoms with Crippen LogP contribution in [-0.2, 0) is 9.84 Å². The van der Waals surface area contributed by atoms with Crippen LogP contribution in [0.25, 0.3) is 0 Å². The number of aromatic nitrogens is 2. The van der Waals surface area contributed by atoms with E-state index in [2.05, 4.69) is 20.6 Å². The number of nitrogens with one attached hydrogen (secondary N) is 2. The molecule has 7 nitrogen and oxygen atoms in total. The fourth-order valence-corrected chi connectivity index (χ4v) is 3.92. The number of hydrogen-bond acceptors (Lipinski definition) is 6. The fourth-order valence-electron chi connectivity index (χ4n) is 2.24. The lowest BCUT2D eigenvalue weighted by atomic mass is 10.1. The molecule has 2 heterocycles. The Hall–Kier alpha value is -1.70. The Morgan fingerprint density at radius 2 is 2.00 bits per heavy atom. The first-order valence-corrected chi connectivity index (χ1v) is 9.01. The van der Waals surface area contributed by atoms with Gasteiger partial charge >= 0.3 is 0 Å². The summed E-state index contributed by atoms with van der Waals surface area (Å²) in [7, 11) is -3.02. The van der Waals surface area contributed by atoms with Gasteiger partial charge in [0.2, 0.25) is 5.95 Å². The lowest BCUT2D eigenvalue weighted by molar-refractivity contribution is 0.0936. The molecule has 1 aliphatic heterocycles. The number of carbonyl (C=O) groups is 1. The highest BCUT2D eigenvalue weighted by Crippen LogP contribution is 2.14. The minimum Gasteiger partial charge on any atom is -0.350 e. The van der Waals surface area contributed by atoms with Crippen LogP contribution in [0, 0.1) is 6.92 Å². The van der Waals surface area contributed by atoms with Crippen LogP contribution in [-0.4, -0.2) is 47.4 Å². The highest BCUT2D eigenvalue weighted by atomic mass is 32.2. The monoisotopic (exact) mass is 326 g/mol. The summed E-state index contributed by atoms with van der Waals surface area (Å²) in [5.41, 5.74) is 0.690. The third-order valence-corrected chi connectivity index (χ3v) is 4.91. The lowest BCUT2D eigenvalue weighted by Crippen LogP contribution is -2.36. The lowest BCUT2D eigenvalue weighted by Gasteiger charge is -2.21. The summed E-state index contributed by atoms with van der Waals surface area (Å²) < 4.78 is 22.9. The van der Waals surface area contributed by atoms with E-state index in [1.807, 2.05) is 20.8 Å². The maximum absolute atomic E-state index is 12.3. The molecule has 0 aromatic carbocycles. The standard InChI is InChI=1S/C14H22N4O3S/c1-9-7-11(17-13(15-9)18-14(2,3)4)12(19)16-10-5-6-22(20,21)8-10/h7,10H,5-6,8H2,1-4H3,(H,16,19)(H,15,17,18). The Labute approximate surface area is 130 Å². The van der Waals surface area contributed by atoms with Crippen LogP contribution in [0.1, 0.15) is 43.4 Å². The number of carbonyl (C=O) groups excluding carboxylic acids is 1. The summed E-state index contributed by atoms with van der Waals surface area (Å²) in [6.07, 6.45) is 0.450. The van der Waals surface area contributed by atoms with Gasteiger partial charge in [0.15, 0.2) is 9.84 Å². The van der Waals surface area contributed by atoms with Gasteiger partial charge in [-0.1, -0.05) is 0 Å². The van der Waals surface area contributed by atoms with Gasteiger partial charge < -0.3 is 10.6 Å². The molecule has 0 bridgehead atoms. The second kappa shape index (κ2) is 5.83. The Bertz CT molecular complexity index is 680. The highest BCUT2D eigenvalue weighted by molar-refractivity contribution is 7.91. The molecule has 0 spiro atoms. The number of hydrogen-bond donors (Lipinski definition) is 2. The van der Waals surface area contributed by atoms with Gasteiger partial charge in [-0.05, 0) is 40.2 Å². The van der Waals surface area contributed by atoms with E-state index in [4.69, 9.17) is 0 Å². The van der Waals surface area contributed by atoms with E-state index in [0.29, 0.717) is 18.1 Å². The Morgan fingerprint density at radius 1 is 1.32 bits per heavy atom. The predicted octanol–water partition coefficient (Wildman–Crippen LogP) is 0.912. The topological polar surface area (TPSA) is 101 Å². The first-order valence-electron chi connectivity index (χ1n) is 7.19. The normalized spacial score (nSPS) is 20.6. The number of amides is 1. The average Bonchev–Trinajstić information content (AvgIpc) is 2.65. The van der Waals surface area contributed by atoms with Crippen molar-refractivity contribution in [3.05, 3.63) is 17.5 Å². The molecule has 2 rings (SSSR count). The number of anilines is 1. The Morgan fingerprint density at radius 3 is 2.55 bits per heavy atom. The van der Waals surface area contributed by atoms with Gasteiger partial charge in [-0.2, -0.15) is 0 Å². The summed E-state index contributed by atoms with van der Waals surface area (Å²) in [5, 5.41) is 5.86. The van der Waals surface area contributed by atoms with E-state index in [1.54, 1.807) is 13.0 Å². The van der Waals surface area contributed by atoms with Gasteiger partial charge in [-0.15, -0.1) is 0 Å². The molecule has 0 saturated carbocycles. The van der Waals surface area contributed by atoms with Crippen LogP contribution >= 0.6 is 0 Å². The molecule has 1 unspecified atom stereocenters. The van der Waals surface area contributed by atoms with Crippen molar-refractivity contribution in [1.82, 2.24) is 15.3 Å². The third-order valence-electron chi connectivity index (χ3n) is 3.14. The molecule has 8 heteroatoms. The summed E-state index contributed by atoms with van der Waals surface area (Å²) >= 11 is 0. The van der Waals surface area contributed by atoms with Crippen molar-refractivity contribution in [2.45, 2.75) is 45.7 Å². The van der Waals surface area contributed by atoms with Gasteiger partial charge in [0.25, 0.3) is 5.91 Å². The van der Waals surface area contributed by atoms with Gasteiger partial charge in [0.1, 0.15) is 5.69 Å². The summed E-state index contributed by atoms with van der Waals surface area (Å²) in [6.45, 7) is 7.71. The molecule has 1 aliphatic rings. The van der Waals surface area contributed by atoms with Crippen LogP contribution in [0.3, 0.4) is 0 Å². The summed E-state index contributed by atoms with van der Waals surface area (Å²) in [4.78, 5) is 20.7. The van der Waals surface area contributed by atoms with E-state index < -0.39 is 9.84 Å². The molecule has 1 amide bonds. The maximum Gasteiger partial charge on any atom is 0.270 e. The maximum atomic E-state index is 12.3. The first-order chi connectivity index (χ1) is 10.0. The highest BCUT2D eigenvalue weighted by Gasteiger charge is 2.29. The molecule has 0 radical (unpaired) electrons. The van der Waals surface area contributed by atoms with Crippen LogP contribution in [0.4, 0.5) is 5.95 Å². The van der Waals surface area contributed by atoms with Crippen molar-refractivity contribution < 1.29 is 13.2 Å². The Balaban J connectivity index is 2.13. The summed E-state index contributed by atoms with van der Waals surface area (Å²) in [5.74, 6) is 0.134. The predicted molar refractivity (Wildman–Crippen MR) is 84.7 cm³/mol. The van der Waals surface area contributed by atoms with Gasteiger partial charge in [0, 0.05) is 17.3 Å². The van der Waals surface area contributed by atoms with Crippen LogP contribution < -0.4 is 10.6 Å². The van der Waals surface area contributed by atoms with Gasteiger partial charge in [-0.3, -0.25) is 4.79 Å². The molecule has 0 aliphatic carbocycles. The number of aryl methyl sites for hydroxylation is 1. The van der Waals surface area contributed by atoms with Crippen molar-refractivity contribution in [2.75, 3.05) is 16.8 Å². The van der Waals surface area contributed by atoms with Crippen LogP contribution in [0.15, 0.2) is 6.07 Å². The molecule has 2 N–H and O–H groups in total. The largest absolute Gasteiger partial charge is 0.350 e. The van der Waals surface area contributed by atoms with Crippen molar-refractivity contribution in [3.8, 4) is 0 Å². The molecule has 1 aromatic heterocycles. The zero-order chi connectivity index (χ0) is 16.5. The van der Waals surface area contributed by atoms with E-state index in [0.717, 1.165) is 0 Å². The van der Waals surface area contributed by atoms with E-state index in [-0.39, 0.29) is 34.7 Å². The quantitative estimate of drug-likeness (QED) is 0.856. The number of nitrogens with zero attached hydrogens (tertiary/aromatic N) is 2. The molecule has 1 aromatic rings. The van der Waals surface area contributed by atoms with Crippen molar-refractivity contribution in [2.24, 2.45) is 0 Å². The molecular weight excluding hydrogens is 304 g/mol. The van der Waals surface area contributed by atoms with E-state index in [1.165, 1.54) is 0 Å². The van der Waals surface area contributed by atoms with E-state index in [9.17, 15) is 13.2 Å². The van der Waals surface area contributed by atoms with Crippen molar-refractivity contribution >= 4 is 21.7 Å². The fraction of sp³-hybridized carbons (Fsp3) is 0.643. The van der Waals surface area contributed by atoms with Crippen molar-refractivity contribution in [1.29, 1.82) is 0 Å². The average molecular weight is 326 g/mol. The molecule has 122 valence electrons. The molecule has 1 saturated heterocycles. The number of rotatable bonds is 3. The van der Waals surface area contributed by atoms with Crippen LogP contribution in [0.5, 0.6) is 0 Å². The van der Waals surface area contributed by atoms with E-state index >= 15 is 0 Å². The minimum atomic E-state index is -3.02. The number of sulfone groups is 1. The Kier molecular flexibility index (Phi) is 4.42. The zero-order valence-corrected chi connectivity index (χ0v) is 14.1. The third kappa shape index (κ3) is 4.66. The molecule has 22 heavy (non-hydrogen) atoms. The second-order valence-corrected chi connectivity index (χ2v) is 8.90. The SMILES string of the molecule is Cc1cc(C(=O)NC2CCS(=O)(=O)C2)nc(NC(C)(C)C)n1. The van der Waals surface area contributed by atoms with Gasteiger partial charge in [-0.25, -0.2) is 18.4 Å². The molecular formula is C14H22N4O3S. The van der Waals surface area contributed by atoms with Gasteiger partial charge in [0.05, 0.1) is 11.5 Å². The van der Waals surface area contributed by atoms with Crippen LogP contribution in [0.2, 0.25) is 0 Å². The second-order valence-electron chi connectivity index (χ2n) is 6.67. The molecule has 1 atom stereocenters. The zero-order valence-electron chi connectivity index (χ0n) is 13.3. The summed E-state index contributed by atoms with van der Waals surface area (Å²) in [6, 6.07) is 1.25. The smallest absolute Gasteiger partial charge is 0.270 e. The molecule has 1 fully saturated rings. The minimum absolute atomic E-state index is 0.00406. The van der Waals surface area contributed by atoms with Crippen molar-refractivity contribution in [3.63, 3.8) is 0 Å². The first kappa shape index (κ1) is 16.7.